The largest absolute Gasteiger partial charge is 0.316 e. The van der Waals surface area contributed by atoms with E-state index >= 15 is 0 Å². The summed E-state index contributed by atoms with van der Waals surface area (Å²) >= 11 is 0. The van der Waals surface area contributed by atoms with Gasteiger partial charge in [0.05, 0.1) is 17.2 Å². The van der Waals surface area contributed by atoms with Crippen LogP contribution in [0, 0.1) is 5.92 Å². The first-order chi connectivity index (χ1) is 8.84. The average molecular weight is 245 g/mol. The van der Waals surface area contributed by atoms with E-state index in [4.69, 9.17) is 0 Å². The predicted molar refractivity (Wildman–Crippen MR) is 73.7 cm³/mol. The van der Waals surface area contributed by atoms with Crippen LogP contribution in [-0.2, 0) is 6.54 Å². The number of hydrogen-bond acceptors (Lipinski definition) is 3. The van der Waals surface area contributed by atoms with Crippen LogP contribution in [0.15, 0.2) is 35.4 Å². The van der Waals surface area contributed by atoms with Crippen molar-refractivity contribution in [3.63, 3.8) is 0 Å². The molecule has 1 fully saturated rings. The van der Waals surface area contributed by atoms with Crippen LogP contribution in [-0.4, -0.2) is 22.6 Å². The minimum absolute atomic E-state index is 0.0671. The molecule has 0 bridgehead atoms. The molecule has 0 amide bonds. The van der Waals surface area contributed by atoms with Gasteiger partial charge in [0.25, 0.3) is 5.56 Å². The summed E-state index contributed by atoms with van der Waals surface area (Å²) in [5.74, 6) is 0.570. The van der Waals surface area contributed by atoms with Gasteiger partial charge in [0, 0.05) is 25.6 Å². The molecule has 0 aliphatic carbocycles. The number of nitrogens with zero attached hydrogens (tertiary/aromatic N) is 2. The minimum atomic E-state index is 0.0671. The Morgan fingerprint density at radius 2 is 2.06 bits per heavy atom. The van der Waals surface area contributed by atoms with Crippen molar-refractivity contribution in [1.29, 1.82) is 0 Å². The molecule has 0 unspecified atom stereocenters. The fraction of sp³-hybridized carbons (Fsp3) is 0.429. The van der Waals surface area contributed by atoms with Crippen LogP contribution in [0.25, 0.3) is 10.9 Å². The lowest BCUT2D eigenvalue weighted by Gasteiger charge is -2.27. The molecular weight excluding hydrogens is 226 g/mol. The molecule has 0 spiro atoms. The standard InChI is InChI=1S/C12H13N3O.C2H6/c16-12-10-3-1-2-4-11(10)14-8-15(12)7-9-5-13-6-9;1-2/h1-4,8-9,13H,5-7H2;1-2H3. The number of aromatic nitrogens is 2. The number of rotatable bonds is 2. The maximum absolute atomic E-state index is 12.1. The quantitative estimate of drug-likeness (QED) is 0.875. The lowest BCUT2D eigenvalue weighted by Crippen LogP contribution is -2.45. The predicted octanol–water partition coefficient (Wildman–Crippen LogP) is 1.64. The van der Waals surface area contributed by atoms with Crippen LogP contribution in [0.4, 0.5) is 0 Å². The van der Waals surface area contributed by atoms with E-state index in [1.165, 1.54) is 0 Å². The molecule has 1 aliphatic rings. The maximum atomic E-state index is 12.1. The first-order valence-corrected chi connectivity index (χ1v) is 6.49. The van der Waals surface area contributed by atoms with Gasteiger partial charge in [-0.15, -0.1) is 0 Å². The van der Waals surface area contributed by atoms with Crippen LogP contribution in [0.2, 0.25) is 0 Å². The van der Waals surface area contributed by atoms with Crippen molar-refractivity contribution in [2.24, 2.45) is 5.92 Å². The summed E-state index contributed by atoms with van der Waals surface area (Å²) in [6, 6.07) is 7.47. The lowest BCUT2D eigenvalue weighted by molar-refractivity contribution is 0.303. The third-order valence-corrected chi connectivity index (χ3v) is 3.05. The molecule has 2 aromatic rings. The second-order valence-corrected chi connectivity index (χ2v) is 4.24. The molecule has 1 saturated heterocycles. The SMILES string of the molecule is CC.O=c1c2ccccc2ncn1CC1CNC1. The third kappa shape index (κ3) is 2.43. The molecule has 0 atom stereocenters. The van der Waals surface area contributed by atoms with Crippen molar-refractivity contribution in [2.45, 2.75) is 20.4 Å². The van der Waals surface area contributed by atoms with Gasteiger partial charge in [-0.05, 0) is 12.1 Å². The zero-order valence-corrected chi connectivity index (χ0v) is 10.9. The Hall–Kier alpha value is -1.68. The molecule has 18 heavy (non-hydrogen) atoms. The van der Waals surface area contributed by atoms with E-state index in [-0.39, 0.29) is 5.56 Å². The fourth-order valence-corrected chi connectivity index (χ4v) is 1.99. The van der Waals surface area contributed by atoms with Gasteiger partial charge in [0.15, 0.2) is 0 Å². The Morgan fingerprint density at radius 1 is 1.33 bits per heavy atom. The van der Waals surface area contributed by atoms with Gasteiger partial charge in [-0.3, -0.25) is 9.36 Å². The lowest BCUT2D eigenvalue weighted by atomic mass is 10.0. The molecule has 96 valence electrons. The molecule has 4 nitrogen and oxygen atoms in total. The summed E-state index contributed by atoms with van der Waals surface area (Å²) in [4.78, 5) is 16.4. The van der Waals surface area contributed by atoms with Gasteiger partial charge >= 0.3 is 0 Å². The van der Waals surface area contributed by atoms with Gasteiger partial charge in [0.1, 0.15) is 0 Å². The Bertz CT molecular complexity index is 573. The zero-order valence-electron chi connectivity index (χ0n) is 10.9. The molecule has 3 rings (SSSR count). The van der Waals surface area contributed by atoms with Crippen molar-refractivity contribution in [3.05, 3.63) is 40.9 Å². The summed E-state index contributed by atoms with van der Waals surface area (Å²) in [6.07, 6.45) is 1.66. The summed E-state index contributed by atoms with van der Waals surface area (Å²) in [5.41, 5.74) is 0.841. The molecule has 1 aliphatic heterocycles. The fourth-order valence-electron chi connectivity index (χ4n) is 1.99. The smallest absolute Gasteiger partial charge is 0.261 e. The molecule has 0 radical (unpaired) electrons. The average Bonchev–Trinajstić information content (AvgIpc) is 2.39. The van der Waals surface area contributed by atoms with Crippen molar-refractivity contribution in [2.75, 3.05) is 13.1 Å². The summed E-state index contributed by atoms with van der Waals surface area (Å²) in [7, 11) is 0. The Morgan fingerprint density at radius 3 is 2.72 bits per heavy atom. The van der Waals surface area contributed by atoms with Crippen LogP contribution in [0.3, 0.4) is 0 Å². The van der Waals surface area contributed by atoms with Crippen LogP contribution < -0.4 is 10.9 Å². The Balaban J connectivity index is 0.000000574. The second kappa shape index (κ2) is 5.78. The van der Waals surface area contributed by atoms with Crippen molar-refractivity contribution in [1.82, 2.24) is 14.9 Å². The van der Waals surface area contributed by atoms with Crippen molar-refractivity contribution in [3.8, 4) is 0 Å². The zero-order chi connectivity index (χ0) is 13.0. The van der Waals surface area contributed by atoms with Gasteiger partial charge in [-0.1, -0.05) is 26.0 Å². The summed E-state index contributed by atoms with van der Waals surface area (Å²) < 4.78 is 1.72. The van der Waals surface area contributed by atoms with E-state index in [0.29, 0.717) is 11.3 Å². The summed E-state index contributed by atoms with van der Waals surface area (Å²) in [6.45, 7) is 6.77. The number of para-hydroxylation sites is 1. The van der Waals surface area contributed by atoms with Crippen molar-refractivity contribution < 1.29 is 0 Å². The van der Waals surface area contributed by atoms with E-state index in [1.54, 1.807) is 10.9 Å². The second-order valence-electron chi connectivity index (χ2n) is 4.24. The number of hydrogen-bond donors (Lipinski definition) is 1. The van der Waals surface area contributed by atoms with Gasteiger partial charge in [-0.25, -0.2) is 4.98 Å². The van der Waals surface area contributed by atoms with E-state index in [1.807, 2.05) is 38.1 Å². The van der Waals surface area contributed by atoms with Gasteiger partial charge in [0.2, 0.25) is 0 Å². The highest BCUT2D eigenvalue weighted by Gasteiger charge is 2.17. The topological polar surface area (TPSA) is 46.9 Å². The highest BCUT2D eigenvalue weighted by molar-refractivity contribution is 5.76. The number of nitrogens with one attached hydrogen (secondary N) is 1. The van der Waals surface area contributed by atoms with E-state index in [2.05, 4.69) is 10.3 Å². The summed E-state index contributed by atoms with van der Waals surface area (Å²) in [5, 5.41) is 3.91. The van der Waals surface area contributed by atoms with Gasteiger partial charge < -0.3 is 5.32 Å². The minimum Gasteiger partial charge on any atom is -0.316 e. The molecular formula is C14H19N3O. The monoisotopic (exact) mass is 245 g/mol. The van der Waals surface area contributed by atoms with Crippen molar-refractivity contribution >= 4 is 10.9 Å². The first kappa shape index (κ1) is 12.8. The number of fused-ring (bicyclic) bond motifs is 1. The van der Waals surface area contributed by atoms with E-state index in [0.717, 1.165) is 25.2 Å². The third-order valence-electron chi connectivity index (χ3n) is 3.05. The Kier molecular flexibility index (Phi) is 4.10. The molecule has 4 heteroatoms. The highest BCUT2D eigenvalue weighted by atomic mass is 16.1. The maximum Gasteiger partial charge on any atom is 0.261 e. The molecule has 2 heterocycles. The van der Waals surface area contributed by atoms with E-state index in [9.17, 15) is 4.79 Å². The number of benzene rings is 1. The van der Waals surface area contributed by atoms with Crippen LogP contribution in [0.5, 0.6) is 0 Å². The first-order valence-electron chi connectivity index (χ1n) is 6.49. The molecule has 1 N–H and O–H groups in total. The molecule has 0 saturated carbocycles. The van der Waals surface area contributed by atoms with Crippen LogP contribution in [0.1, 0.15) is 13.8 Å². The van der Waals surface area contributed by atoms with E-state index < -0.39 is 0 Å². The van der Waals surface area contributed by atoms with Gasteiger partial charge in [-0.2, -0.15) is 0 Å². The normalized spacial score (nSPS) is 14.8. The molecule has 1 aromatic carbocycles. The Labute approximate surface area is 107 Å². The highest BCUT2D eigenvalue weighted by Crippen LogP contribution is 2.08. The van der Waals surface area contributed by atoms with Crippen LogP contribution >= 0.6 is 0 Å². The molecule has 1 aromatic heterocycles.